The summed E-state index contributed by atoms with van der Waals surface area (Å²) >= 11 is 0. The van der Waals surface area contributed by atoms with E-state index in [0.717, 1.165) is 51.4 Å². The summed E-state index contributed by atoms with van der Waals surface area (Å²) in [4.78, 5) is 12.1. The van der Waals surface area contributed by atoms with Crippen molar-refractivity contribution in [2.24, 2.45) is 0 Å². The van der Waals surface area contributed by atoms with E-state index in [9.17, 15) is 13.2 Å². The smallest absolute Gasteiger partial charge is 0.235 e. The van der Waals surface area contributed by atoms with Gasteiger partial charge in [-0.1, -0.05) is 32.1 Å². The summed E-state index contributed by atoms with van der Waals surface area (Å²) in [7, 11) is -3.31. The molecule has 1 N–H and O–H groups in total. The minimum atomic E-state index is -3.31. The van der Waals surface area contributed by atoms with Gasteiger partial charge in [-0.25, -0.2) is 8.42 Å². The van der Waals surface area contributed by atoms with Crippen LogP contribution in [-0.2, 0) is 14.8 Å². The van der Waals surface area contributed by atoms with Crippen LogP contribution in [0, 0.1) is 0 Å². The number of amides is 1. The Labute approximate surface area is 122 Å². The van der Waals surface area contributed by atoms with Gasteiger partial charge in [-0.2, -0.15) is 4.31 Å². The molecule has 0 aromatic carbocycles. The Hall–Kier alpha value is -0.620. The average Bonchev–Trinajstić information content (AvgIpc) is 2.89. The molecule has 2 fully saturated rings. The van der Waals surface area contributed by atoms with Crippen LogP contribution >= 0.6 is 0 Å². The van der Waals surface area contributed by atoms with Crippen LogP contribution in [0.25, 0.3) is 0 Å². The maximum absolute atomic E-state index is 12.1. The molecule has 0 aromatic rings. The van der Waals surface area contributed by atoms with Crippen LogP contribution in [0.15, 0.2) is 0 Å². The largest absolute Gasteiger partial charge is 0.352 e. The van der Waals surface area contributed by atoms with Crippen molar-refractivity contribution in [1.29, 1.82) is 0 Å². The molecule has 0 radical (unpaired) electrons. The van der Waals surface area contributed by atoms with E-state index in [1.54, 1.807) is 0 Å². The fraction of sp³-hybridized carbons (Fsp3) is 0.929. The van der Waals surface area contributed by atoms with Crippen molar-refractivity contribution in [2.75, 3.05) is 12.8 Å². The molecule has 2 saturated carbocycles. The zero-order valence-electron chi connectivity index (χ0n) is 12.3. The van der Waals surface area contributed by atoms with Crippen LogP contribution in [0.3, 0.4) is 0 Å². The van der Waals surface area contributed by atoms with Gasteiger partial charge in [-0.05, 0) is 25.7 Å². The maximum Gasteiger partial charge on any atom is 0.235 e. The van der Waals surface area contributed by atoms with Gasteiger partial charge in [0.15, 0.2) is 0 Å². The predicted octanol–water partition coefficient (Wildman–Crippen LogP) is 1.64. The molecule has 20 heavy (non-hydrogen) atoms. The monoisotopic (exact) mass is 302 g/mol. The Kier molecular flexibility index (Phi) is 5.43. The van der Waals surface area contributed by atoms with Gasteiger partial charge >= 0.3 is 0 Å². The summed E-state index contributed by atoms with van der Waals surface area (Å²) < 4.78 is 25.2. The molecular weight excluding hydrogens is 276 g/mol. The third-order valence-corrected chi connectivity index (χ3v) is 5.71. The normalized spacial score (nSPS) is 22.3. The van der Waals surface area contributed by atoms with Crippen LogP contribution in [0.4, 0.5) is 0 Å². The molecule has 0 unspecified atom stereocenters. The highest BCUT2D eigenvalue weighted by molar-refractivity contribution is 7.88. The molecule has 0 atom stereocenters. The average molecular weight is 302 g/mol. The number of nitrogens with zero attached hydrogens (tertiary/aromatic N) is 1. The summed E-state index contributed by atoms with van der Waals surface area (Å²) in [6, 6.07) is 0.253. The minimum absolute atomic E-state index is 0.0139. The number of sulfonamides is 1. The molecule has 5 nitrogen and oxygen atoms in total. The van der Waals surface area contributed by atoms with Gasteiger partial charge in [-0.3, -0.25) is 4.79 Å². The van der Waals surface area contributed by atoms with E-state index < -0.39 is 10.0 Å². The van der Waals surface area contributed by atoms with Gasteiger partial charge in [0, 0.05) is 12.1 Å². The lowest BCUT2D eigenvalue weighted by atomic mass is 9.95. The summed E-state index contributed by atoms with van der Waals surface area (Å²) in [6.07, 6.45) is 10.7. The lowest BCUT2D eigenvalue weighted by molar-refractivity contribution is -0.122. The predicted molar refractivity (Wildman–Crippen MR) is 78.8 cm³/mol. The number of carbonyl (C=O) groups is 1. The zero-order chi connectivity index (χ0) is 14.6. The van der Waals surface area contributed by atoms with Gasteiger partial charge in [0.25, 0.3) is 0 Å². The minimum Gasteiger partial charge on any atom is -0.352 e. The number of nitrogens with one attached hydrogen (secondary N) is 1. The summed E-state index contributed by atoms with van der Waals surface area (Å²) in [5.41, 5.74) is 0. The van der Waals surface area contributed by atoms with Crippen LogP contribution in [0.1, 0.15) is 57.8 Å². The van der Waals surface area contributed by atoms with Crippen molar-refractivity contribution in [3.63, 3.8) is 0 Å². The topological polar surface area (TPSA) is 66.5 Å². The number of rotatable bonds is 5. The van der Waals surface area contributed by atoms with Crippen LogP contribution in [0.2, 0.25) is 0 Å². The second kappa shape index (κ2) is 6.89. The lowest BCUT2D eigenvalue weighted by Crippen LogP contribution is -2.47. The fourth-order valence-electron chi connectivity index (χ4n) is 3.37. The third-order valence-electron chi connectivity index (χ3n) is 4.43. The first kappa shape index (κ1) is 15.8. The highest BCUT2D eigenvalue weighted by Gasteiger charge is 2.31. The summed E-state index contributed by atoms with van der Waals surface area (Å²) in [5, 5.41) is 3.00. The molecule has 2 aliphatic carbocycles. The highest BCUT2D eigenvalue weighted by atomic mass is 32.2. The zero-order valence-corrected chi connectivity index (χ0v) is 13.1. The van der Waals surface area contributed by atoms with Crippen molar-refractivity contribution >= 4 is 15.9 Å². The quantitative estimate of drug-likeness (QED) is 0.839. The van der Waals surface area contributed by atoms with E-state index in [2.05, 4.69) is 5.32 Å². The molecular formula is C14H26N2O3S. The van der Waals surface area contributed by atoms with E-state index in [-0.39, 0.29) is 24.5 Å². The van der Waals surface area contributed by atoms with Crippen molar-refractivity contribution in [3.05, 3.63) is 0 Å². The summed E-state index contributed by atoms with van der Waals surface area (Å²) in [6.45, 7) is -0.0139. The molecule has 6 heteroatoms. The standard InChI is InChI=1S/C14H26N2O3S/c1-20(18,19)16(13-9-5-6-10-13)11-14(17)15-12-7-3-2-4-8-12/h12-13H,2-11H2,1H3,(H,15,17). The molecule has 0 aliphatic heterocycles. The molecule has 2 aliphatic rings. The van der Waals surface area contributed by atoms with E-state index in [1.165, 1.54) is 17.0 Å². The first-order valence-corrected chi connectivity index (χ1v) is 9.58. The third kappa shape index (κ3) is 4.45. The van der Waals surface area contributed by atoms with Gasteiger partial charge < -0.3 is 5.32 Å². The van der Waals surface area contributed by atoms with E-state index in [1.807, 2.05) is 0 Å². The van der Waals surface area contributed by atoms with Crippen molar-refractivity contribution in [3.8, 4) is 0 Å². The molecule has 0 saturated heterocycles. The van der Waals surface area contributed by atoms with E-state index >= 15 is 0 Å². The molecule has 2 rings (SSSR count). The van der Waals surface area contributed by atoms with Gasteiger partial charge in [0.05, 0.1) is 12.8 Å². The molecule has 0 heterocycles. The second-order valence-electron chi connectivity index (χ2n) is 6.15. The molecule has 0 bridgehead atoms. The van der Waals surface area contributed by atoms with Crippen molar-refractivity contribution < 1.29 is 13.2 Å². The van der Waals surface area contributed by atoms with Crippen molar-refractivity contribution in [1.82, 2.24) is 9.62 Å². The van der Waals surface area contributed by atoms with Gasteiger partial charge in [0.1, 0.15) is 0 Å². The van der Waals surface area contributed by atoms with Gasteiger partial charge in [-0.15, -0.1) is 0 Å². The molecule has 0 aromatic heterocycles. The van der Waals surface area contributed by atoms with Crippen LogP contribution in [-0.4, -0.2) is 43.5 Å². The Bertz CT molecular complexity index is 424. The first-order valence-electron chi connectivity index (χ1n) is 7.73. The lowest BCUT2D eigenvalue weighted by Gasteiger charge is -2.28. The van der Waals surface area contributed by atoms with Crippen LogP contribution in [0.5, 0.6) is 0 Å². The second-order valence-corrected chi connectivity index (χ2v) is 8.08. The maximum atomic E-state index is 12.1. The Morgan fingerprint density at radius 2 is 1.60 bits per heavy atom. The van der Waals surface area contributed by atoms with Crippen molar-refractivity contribution in [2.45, 2.75) is 69.9 Å². The van der Waals surface area contributed by atoms with E-state index in [4.69, 9.17) is 0 Å². The summed E-state index contributed by atoms with van der Waals surface area (Å²) in [5.74, 6) is -0.144. The molecule has 0 spiro atoms. The fourth-order valence-corrected chi connectivity index (χ4v) is 4.48. The number of carbonyl (C=O) groups excluding carboxylic acids is 1. The first-order chi connectivity index (χ1) is 9.47. The number of hydrogen-bond donors (Lipinski definition) is 1. The molecule has 1 amide bonds. The highest BCUT2D eigenvalue weighted by Crippen LogP contribution is 2.25. The Morgan fingerprint density at radius 3 is 2.15 bits per heavy atom. The van der Waals surface area contributed by atoms with E-state index in [0.29, 0.717) is 0 Å². The Balaban J connectivity index is 1.91. The van der Waals surface area contributed by atoms with Gasteiger partial charge in [0.2, 0.25) is 15.9 Å². The number of hydrogen-bond acceptors (Lipinski definition) is 3. The van der Waals surface area contributed by atoms with Crippen LogP contribution < -0.4 is 5.32 Å². The SMILES string of the molecule is CS(=O)(=O)N(CC(=O)NC1CCCCC1)C1CCCC1. The molecule has 116 valence electrons. The Morgan fingerprint density at radius 1 is 1.05 bits per heavy atom.